The van der Waals surface area contributed by atoms with Crippen LogP contribution in [0.1, 0.15) is 22.6 Å². The Bertz CT molecular complexity index is 1400. The number of rotatable bonds is 7. The van der Waals surface area contributed by atoms with Gasteiger partial charge in [-0.2, -0.15) is 5.26 Å². The van der Waals surface area contributed by atoms with Crippen molar-refractivity contribution in [2.45, 2.75) is 25.6 Å². The number of benzene rings is 1. The molecule has 0 saturated heterocycles. The summed E-state index contributed by atoms with van der Waals surface area (Å²) in [5.74, 6) is 2.46. The third kappa shape index (κ3) is 4.11. The van der Waals surface area contributed by atoms with Gasteiger partial charge in [0.2, 0.25) is 18.6 Å². The molecule has 1 N–H and O–H groups in total. The van der Waals surface area contributed by atoms with E-state index in [4.69, 9.17) is 18.3 Å². The molecule has 3 aromatic heterocycles. The summed E-state index contributed by atoms with van der Waals surface area (Å²) in [7, 11) is 0. The SMILES string of the molecule is Cc1c(C#N)c(NC(=O)CSc2nnc(-c3ccc4c(c3)OCO4)o2)n(Cc2ccco2)c1C. The second kappa shape index (κ2) is 8.99. The molecule has 5 rings (SSSR count). The van der Waals surface area contributed by atoms with E-state index in [0.29, 0.717) is 40.9 Å². The highest BCUT2D eigenvalue weighted by atomic mass is 32.2. The quantitative estimate of drug-likeness (QED) is 0.391. The lowest BCUT2D eigenvalue weighted by molar-refractivity contribution is -0.113. The molecular weight excluding hydrogens is 458 g/mol. The average Bonchev–Trinajstić information content (AvgIpc) is 3.63. The Kier molecular flexibility index (Phi) is 5.73. The van der Waals surface area contributed by atoms with E-state index >= 15 is 0 Å². The molecule has 0 saturated carbocycles. The molecule has 1 aliphatic heterocycles. The topological polar surface area (TPSA) is 128 Å². The standard InChI is InChI=1S/C23H19N5O5S/c1-13-14(2)28(10-16-4-3-7-30-16)21(17(13)9-24)25-20(29)11-34-23-27-26-22(33-23)15-5-6-18-19(8-15)32-12-31-18/h3-8H,10-12H2,1-2H3,(H,25,29). The van der Waals surface area contributed by atoms with E-state index in [9.17, 15) is 10.1 Å². The van der Waals surface area contributed by atoms with Gasteiger partial charge in [-0.25, -0.2) is 0 Å². The average molecular weight is 478 g/mol. The molecule has 34 heavy (non-hydrogen) atoms. The second-order valence-corrected chi connectivity index (χ2v) is 8.42. The first kappa shape index (κ1) is 21.7. The fourth-order valence-corrected chi connectivity index (χ4v) is 4.16. The highest BCUT2D eigenvalue weighted by Gasteiger charge is 2.21. The number of hydrogen-bond acceptors (Lipinski definition) is 9. The minimum atomic E-state index is -0.303. The summed E-state index contributed by atoms with van der Waals surface area (Å²) in [4.78, 5) is 12.7. The number of nitrogens with one attached hydrogen (secondary N) is 1. The van der Waals surface area contributed by atoms with Crippen molar-refractivity contribution in [3.63, 3.8) is 0 Å². The molecule has 0 fully saturated rings. The number of carbonyl (C=O) groups is 1. The van der Waals surface area contributed by atoms with Gasteiger partial charge in [-0.1, -0.05) is 11.8 Å². The van der Waals surface area contributed by atoms with Crippen molar-refractivity contribution in [2.75, 3.05) is 17.9 Å². The van der Waals surface area contributed by atoms with Crippen molar-refractivity contribution in [3.05, 3.63) is 59.2 Å². The molecule has 0 unspecified atom stereocenters. The number of nitriles is 1. The maximum Gasteiger partial charge on any atom is 0.277 e. The molecule has 0 radical (unpaired) electrons. The predicted octanol–water partition coefficient (Wildman–Crippen LogP) is 4.13. The number of hydrogen-bond donors (Lipinski definition) is 1. The van der Waals surface area contributed by atoms with Crippen LogP contribution in [0, 0.1) is 25.2 Å². The Morgan fingerprint density at radius 1 is 1.24 bits per heavy atom. The lowest BCUT2D eigenvalue weighted by atomic mass is 10.2. The van der Waals surface area contributed by atoms with Gasteiger partial charge in [0.05, 0.1) is 24.1 Å². The molecule has 1 amide bonds. The highest BCUT2D eigenvalue weighted by molar-refractivity contribution is 7.99. The van der Waals surface area contributed by atoms with Gasteiger partial charge in [0.15, 0.2) is 11.5 Å². The van der Waals surface area contributed by atoms with Crippen LogP contribution < -0.4 is 14.8 Å². The predicted molar refractivity (Wildman–Crippen MR) is 122 cm³/mol. The normalized spacial score (nSPS) is 12.0. The van der Waals surface area contributed by atoms with Crippen LogP contribution in [0.5, 0.6) is 11.5 Å². The van der Waals surface area contributed by atoms with E-state index in [-0.39, 0.29) is 23.7 Å². The Morgan fingerprint density at radius 2 is 2.09 bits per heavy atom. The molecule has 4 heterocycles. The van der Waals surface area contributed by atoms with Gasteiger partial charge >= 0.3 is 0 Å². The van der Waals surface area contributed by atoms with Gasteiger partial charge in [-0.3, -0.25) is 4.79 Å². The number of nitrogens with zero attached hydrogens (tertiary/aromatic N) is 4. The first-order valence-corrected chi connectivity index (χ1v) is 11.3. The summed E-state index contributed by atoms with van der Waals surface area (Å²) in [6.45, 7) is 4.33. The van der Waals surface area contributed by atoms with Gasteiger partial charge in [-0.15, -0.1) is 10.2 Å². The number of aromatic nitrogens is 3. The number of amides is 1. The Morgan fingerprint density at radius 3 is 2.88 bits per heavy atom. The summed E-state index contributed by atoms with van der Waals surface area (Å²) in [6.07, 6.45) is 1.59. The first-order chi connectivity index (χ1) is 16.5. The number of carbonyl (C=O) groups excluding carboxylic acids is 1. The second-order valence-electron chi connectivity index (χ2n) is 7.49. The fraction of sp³-hybridized carbons (Fsp3) is 0.217. The minimum absolute atomic E-state index is 0.0255. The van der Waals surface area contributed by atoms with Gasteiger partial charge < -0.3 is 28.2 Å². The highest BCUT2D eigenvalue weighted by Crippen LogP contribution is 2.36. The fourth-order valence-electron chi connectivity index (χ4n) is 3.60. The smallest absolute Gasteiger partial charge is 0.277 e. The summed E-state index contributed by atoms with van der Waals surface area (Å²) in [5, 5.41) is 20.8. The summed E-state index contributed by atoms with van der Waals surface area (Å²) in [5.41, 5.74) is 2.79. The molecule has 1 aromatic carbocycles. The number of thioether (sulfide) groups is 1. The molecule has 0 atom stereocenters. The third-order valence-corrected chi connectivity index (χ3v) is 6.26. The van der Waals surface area contributed by atoms with Crippen molar-refractivity contribution in [3.8, 4) is 29.0 Å². The molecular formula is C23H19N5O5S. The Labute approximate surface area is 198 Å². The van der Waals surface area contributed by atoms with Crippen molar-refractivity contribution in [1.82, 2.24) is 14.8 Å². The molecule has 4 aromatic rings. The molecule has 0 bridgehead atoms. The van der Waals surface area contributed by atoms with Gasteiger partial charge in [0.1, 0.15) is 17.6 Å². The first-order valence-electron chi connectivity index (χ1n) is 10.3. The van der Waals surface area contributed by atoms with Crippen LogP contribution in [0.4, 0.5) is 5.82 Å². The largest absolute Gasteiger partial charge is 0.467 e. The zero-order chi connectivity index (χ0) is 23.7. The monoisotopic (exact) mass is 477 g/mol. The molecule has 0 aliphatic carbocycles. The van der Waals surface area contributed by atoms with Crippen molar-refractivity contribution < 1.29 is 23.1 Å². The van der Waals surface area contributed by atoms with E-state index in [2.05, 4.69) is 21.6 Å². The van der Waals surface area contributed by atoms with Crippen LogP contribution in [0.2, 0.25) is 0 Å². The van der Waals surface area contributed by atoms with E-state index in [1.165, 1.54) is 0 Å². The van der Waals surface area contributed by atoms with Crippen LogP contribution in [-0.2, 0) is 11.3 Å². The van der Waals surface area contributed by atoms with Gasteiger partial charge in [0, 0.05) is 11.3 Å². The van der Waals surface area contributed by atoms with Crippen LogP contribution in [0.25, 0.3) is 11.5 Å². The van der Waals surface area contributed by atoms with Gasteiger partial charge in [0.25, 0.3) is 5.22 Å². The van der Waals surface area contributed by atoms with E-state index in [1.807, 2.05) is 24.5 Å². The zero-order valence-corrected chi connectivity index (χ0v) is 19.1. The Hall–Kier alpha value is -4.17. The summed E-state index contributed by atoms with van der Waals surface area (Å²) in [6, 6.07) is 11.2. The molecule has 11 heteroatoms. The van der Waals surface area contributed by atoms with Crippen LogP contribution in [-0.4, -0.2) is 33.2 Å². The molecule has 172 valence electrons. The van der Waals surface area contributed by atoms with Crippen LogP contribution in [0.15, 0.2) is 50.7 Å². The van der Waals surface area contributed by atoms with Crippen LogP contribution in [0.3, 0.4) is 0 Å². The molecule has 0 spiro atoms. The lowest BCUT2D eigenvalue weighted by Crippen LogP contribution is -2.18. The summed E-state index contributed by atoms with van der Waals surface area (Å²) >= 11 is 1.11. The van der Waals surface area contributed by atoms with E-state index < -0.39 is 0 Å². The van der Waals surface area contributed by atoms with Crippen molar-refractivity contribution in [2.24, 2.45) is 0 Å². The maximum atomic E-state index is 12.7. The molecule has 10 nitrogen and oxygen atoms in total. The maximum absolute atomic E-state index is 12.7. The van der Waals surface area contributed by atoms with E-state index in [0.717, 1.165) is 28.8 Å². The number of anilines is 1. The third-order valence-electron chi connectivity index (χ3n) is 5.45. The van der Waals surface area contributed by atoms with E-state index in [1.54, 1.807) is 30.5 Å². The number of fused-ring (bicyclic) bond motifs is 1. The van der Waals surface area contributed by atoms with Crippen molar-refractivity contribution in [1.29, 1.82) is 5.26 Å². The molecule has 1 aliphatic rings. The summed E-state index contributed by atoms with van der Waals surface area (Å²) < 4.78 is 23.7. The van der Waals surface area contributed by atoms with Crippen LogP contribution >= 0.6 is 11.8 Å². The van der Waals surface area contributed by atoms with Gasteiger partial charge in [-0.05, 0) is 49.7 Å². The number of furan rings is 1. The minimum Gasteiger partial charge on any atom is -0.467 e. The number of ether oxygens (including phenoxy) is 2. The Balaban J connectivity index is 1.27. The zero-order valence-electron chi connectivity index (χ0n) is 18.3. The van der Waals surface area contributed by atoms with Crippen molar-refractivity contribution >= 4 is 23.5 Å². The lowest BCUT2D eigenvalue weighted by Gasteiger charge is -2.11.